The van der Waals surface area contributed by atoms with Crippen LogP contribution in [-0.4, -0.2) is 32.7 Å². The molecule has 0 atom stereocenters. The van der Waals surface area contributed by atoms with Gasteiger partial charge in [0.25, 0.3) is 5.56 Å². The highest BCUT2D eigenvalue weighted by molar-refractivity contribution is 7.99. The van der Waals surface area contributed by atoms with Crippen molar-refractivity contribution in [1.82, 2.24) is 9.97 Å². The van der Waals surface area contributed by atoms with Gasteiger partial charge in [0.05, 0.1) is 27.9 Å². The summed E-state index contributed by atoms with van der Waals surface area (Å²) in [6.45, 7) is 0. The van der Waals surface area contributed by atoms with Gasteiger partial charge < -0.3 is 15.4 Å². The number of benzene rings is 2. The molecule has 8 heteroatoms. The predicted octanol–water partition coefficient (Wildman–Crippen LogP) is 2.35. The summed E-state index contributed by atoms with van der Waals surface area (Å²) < 4.78 is 0. The molecular weight excluding hydrogens is 342 g/mol. The van der Waals surface area contributed by atoms with Crippen LogP contribution in [0.3, 0.4) is 0 Å². The number of hydrogen-bond donors (Lipinski definition) is 3. The summed E-state index contributed by atoms with van der Waals surface area (Å²) in [4.78, 5) is 42.1. The Kier molecular flexibility index (Phi) is 4.80. The van der Waals surface area contributed by atoms with Gasteiger partial charge in [0.1, 0.15) is 0 Å². The lowest BCUT2D eigenvalue weighted by atomic mass is 10.2. The number of para-hydroxylation sites is 2. The Labute approximate surface area is 146 Å². The lowest BCUT2D eigenvalue weighted by Gasteiger charge is -2.08. The van der Waals surface area contributed by atoms with Crippen LogP contribution in [0.25, 0.3) is 10.9 Å². The number of carbonyl (C=O) groups is 2. The van der Waals surface area contributed by atoms with E-state index in [1.165, 1.54) is 12.1 Å². The minimum Gasteiger partial charge on any atom is -0.478 e. The Hall–Kier alpha value is -3.13. The number of amides is 1. The molecule has 126 valence electrons. The average Bonchev–Trinajstić information content (AvgIpc) is 2.60. The number of carbonyl (C=O) groups excluding carboxylic acids is 1. The Morgan fingerprint density at radius 3 is 2.64 bits per heavy atom. The molecule has 0 saturated carbocycles. The maximum atomic E-state index is 12.1. The number of thioether (sulfide) groups is 1. The first-order chi connectivity index (χ1) is 12.0. The summed E-state index contributed by atoms with van der Waals surface area (Å²) in [7, 11) is 0. The Balaban J connectivity index is 1.71. The van der Waals surface area contributed by atoms with Gasteiger partial charge in [-0.15, -0.1) is 0 Å². The van der Waals surface area contributed by atoms with Gasteiger partial charge in [-0.25, -0.2) is 9.78 Å². The smallest absolute Gasteiger partial charge is 0.337 e. The number of rotatable bonds is 5. The molecule has 1 aromatic heterocycles. The number of aromatic nitrogens is 2. The van der Waals surface area contributed by atoms with Gasteiger partial charge >= 0.3 is 5.97 Å². The van der Waals surface area contributed by atoms with Gasteiger partial charge in [-0.1, -0.05) is 36.0 Å². The first kappa shape index (κ1) is 16.7. The van der Waals surface area contributed by atoms with E-state index in [2.05, 4.69) is 15.3 Å². The molecule has 25 heavy (non-hydrogen) atoms. The van der Waals surface area contributed by atoms with Crippen LogP contribution in [0.1, 0.15) is 10.4 Å². The third-order valence-electron chi connectivity index (χ3n) is 3.36. The van der Waals surface area contributed by atoms with Crippen LogP contribution in [0.4, 0.5) is 5.69 Å². The number of nitrogens with one attached hydrogen (secondary N) is 2. The third kappa shape index (κ3) is 3.86. The van der Waals surface area contributed by atoms with E-state index >= 15 is 0 Å². The number of carboxylic acids is 1. The number of aromatic amines is 1. The Morgan fingerprint density at radius 1 is 1.12 bits per heavy atom. The van der Waals surface area contributed by atoms with Crippen molar-refractivity contribution in [2.24, 2.45) is 0 Å². The van der Waals surface area contributed by atoms with E-state index in [9.17, 15) is 14.4 Å². The van der Waals surface area contributed by atoms with Gasteiger partial charge in [-0.2, -0.15) is 0 Å². The normalized spacial score (nSPS) is 10.6. The van der Waals surface area contributed by atoms with E-state index in [0.29, 0.717) is 16.1 Å². The van der Waals surface area contributed by atoms with Gasteiger partial charge in [-0.3, -0.25) is 9.59 Å². The molecular formula is C17H13N3O4S. The van der Waals surface area contributed by atoms with Crippen molar-refractivity contribution in [1.29, 1.82) is 0 Å². The fraction of sp³-hybridized carbons (Fsp3) is 0.0588. The van der Waals surface area contributed by atoms with E-state index in [1.54, 1.807) is 36.4 Å². The van der Waals surface area contributed by atoms with Crippen LogP contribution >= 0.6 is 11.8 Å². The Bertz CT molecular complexity index is 1020. The summed E-state index contributed by atoms with van der Waals surface area (Å²) in [5, 5.41) is 12.5. The lowest BCUT2D eigenvalue weighted by Crippen LogP contribution is -2.17. The molecule has 0 fully saturated rings. The summed E-state index contributed by atoms with van der Waals surface area (Å²) >= 11 is 1.06. The number of nitrogens with zero attached hydrogens (tertiary/aromatic N) is 1. The summed E-state index contributed by atoms with van der Waals surface area (Å²) in [6.07, 6.45) is 0. The number of carboxylic acid groups (broad SMARTS) is 1. The minimum atomic E-state index is -1.12. The SMILES string of the molecule is O=C(CSc1nc2ccccc2c(=O)[nH]1)Nc1ccccc1C(=O)O. The zero-order valence-electron chi connectivity index (χ0n) is 12.9. The zero-order valence-corrected chi connectivity index (χ0v) is 13.7. The fourth-order valence-corrected chi connectivity index (χ4v) is 2.90. The third-order valence-corrected chi connectivity index (χ3v) is 4.24. The number of aromatic carboxylic acids is 1. The second-order valence-corrected chi connectivity index (χ2v) is 6.04. The van der Waals surface area contributed by atoms with E-state index in [0.717, 1.165) is 11.8 Å². The molecule has 0 radical (unpaired) electrons. The lowest BCUT2D eigenvalue weighted by molar-refractivity contribution is -0.113. The van der Waals surface area contributed by atoms with Gasteiger partial charge in [0, 0.05) is 0 Å². The second-order valence-electron chi connectivity index (χ2n) is 5.08. The molecule has 0 saturated heterocycles. The quantitative estimate of drug-likeness (QED) is 0.478. The van der Waals surface area contributed by atoms with Crippen LogP contribution in [-0.2, 0) is 4.79 Å². The molecule has 0 aliphatic rings. The fourth-order valence-electron chi connectivity index (χ4n) is 2.23. The van der Waals surface area contributed by atoms with Crippen molar-refractivity contribution in [2.45, 2.75) is 5.16 Å². The Morgan fingerprint density at radius 2 is 1.84 bits per heavy atom. The minimum absolute atomic E-state index is 0.0121. The monoisotopic (exact) mass is 355 g/mol. The maximum Gasteiger partial charge on any atom is 0.337 e. The highest BCUT2D eigenvalue weighted by Crippen LogP contribution is 2.18. The predicted molar refractivity (Wildman–Crippen MR) is 95.1 cm³/mol. The summed E-state index contributed by atoms with van der Waals surface area (Å²) in [5.74, 6) is -1.53. The van der Waals surface area contributed by atoms with Crippen LogP contribution in [0.15, 0.2) is 58.5 Å². The van der Waals surface area contributed by atoms with Gasteiger partial charge in [-0.05, 0) is 24.3 Å². The number of H-pyrrole nitrogens is 1. The van der Waals surface area contributed by atoms with E-state index in [4.69, 9.17) is 5.11 Å². The molecule has 0 unspecified atom stereocenters. The standard InChI is InChI=1S/C17H13N3O4S/c21-14(18-13-8-4-2-6-11(13)16(23)24)9-25-17-19-12-7-3-1-5-10(12)15(22)20-17/h1-8H,9H2,(H,18,21)(H,23,24)(H,19,20,22). The molecule has 1 heterocycles. The number of anilines is 1. The first-order valence-electron chi connectivity index (χ1n) is 7.28. The topological polar surface area (TPSA) is 112 Å². The van der Waals surface area contributed by atoms with Crippen LogP contribution in [0.2, 0.25) is 0 Å². The van der Waals surface area contributed by atoms with Crippen molar-refractivity contribution in [3.8, 4) is 0 Å². The zero-order chi connectivity index (χ0) is 17.8. The molecule has 3 N–H and O–H groups in total. The molecule has 0 bridgehead atoms. The molecule has 2 aromatic carbocycles. The largest absolute Gasteiger partial charge is 0.478 e. The van der Waals surface area contributed by atoms with E-state index in [-0.39, 0.29) is 22.6 Å². The maximum absolute atomic E-state index is 12.1. The van der Waals surface area contributed by atoms with Crippen molar-refractivity contribution >= 4 is 40.2 Å². The van der Waals surface area contributed by atoms with Crippen molar-refractivity contribution in [3.05, 3.63) is 64.4 Å². The van der Waals surface area contributed by atoms with Gasteiger partial charge in [0.2, 0.25) is 5.91 Å². The molecule has 0 aliphatic carbocycles. The van der Waals surface area contributed by atoms with Crippen molar-refractivity contribution in [3.63, 3.8) is 0 Å². The van der Waals surface area contributed by atoms with Crippen LogP contribution < -0.4 is 10.9 Å². The molecule has 7 nitrogen and oxygen atoms in total. The van der Waals surface area contributed by atoms with Gasteiger partial charge in [0.15, 0.2) is 5.16 Å². The highest BCUT2D eigenvalue weighted by Gasteiger charge is 2.12. The number of fused-ring (bicyclic) bond motifs is 1. The molecule has 3 rings (SSSR count). The summed E-state index contributed by atoms with van der Waals surface area (Å²) in [5.41, 5.74) is 0.508. The van der Waals surface area contributed by atoms with E-state index in [1.807, 2.05) is 0 Å². The average molecular weight is 355 g/mol. The van der Waals surface area contributed by atoms with Crippen LogP contribution in [0, 0.1) is 0 Å². The second kappa shape index (κ2) is 7.18. The molecule has 3 aromatic rings. The van der Waals surface area contributed by atoms with Crippen molar-refractivity contribution < 1.29 is 14.7 Å². The first-order valence-corrected chi connectivity index (χ1v) is 8.27. The number of hydrogen-bond acceptors (Lipinski definition) is 5. The van der Waals surface area contributed by atoms with E-state index < -0.39 is 11.9 Å². The molecule has 0 aliphatic heterocycles. The van der Waals surface area contributed by atoms with Crippen LogP contribution in [0.5, 0.6) is 0 Å². The highest BCUT2D eigenvalue weighted by atomic mass is 32.2. The molecule has 1 amide bonds. The summed E-state index contributed by atoms with van der Waals surface area (Å²) in [6, 6.07) is 13.1. The molecule has 0 spiro atoms. The van der Waals surface area contributed by atoms with Crippen molar-refractivity contribution in [2.75, 3.05) is 11.1 Å².